The van der Waals surface area contributed by atoms with Crippen LogP contribution < -0.4 is 4.74 Å². The Morgan fingerprint density at radius 2 is 1.83 bits per heavy atom. The van der Waals surface area contributed by atoms with Crippen molar-refractivity contribution in [1.29, 1.82) is 5.26 Å². The van der Waals surface area contributed by atoms with Crippen LogP contribution in [0.2, 0.25) is 5.02 Å². The smallest absolute Gasteiger partial charge is 0.218 e. The first-order chi connectivity index (χ1) is 17.2. The molecule has 1 atom stereocenters. The summed E-state index contributed by atoms with van der Waals surface area (Å²) in [7, 11) is 1.64. The zero-order valence-electron chi connectivity index (χ0n) is 19.3. The first-order valence-corrected chi connectivity index (χ1v) is 11.8. The molecule has 3 aromatic rings. The summed E-state index contributed by atoms with van der Waals surface area (Å²) in [6, 6.07) is 21.5. The minimum atomic E-state index is -0.328. The van der Waals surface area contributed by atoms with Crippen LogP contribution in [0.4, 0.5) is 0 Å². The van der Waals surface area contributed by atoms with Crippen molar-refractivity contribution in [2.45, 2.75) is 31.8 Å². The van der Waals surface area contributed by atoms with Crippen LogP contribution in [-0.4, -0.2) is 17.4 Å². The molecule has 0 radical (unpaired) electrons. The van der Waals surface area contributed by atoms with Gasteiger partial charge in [-0.3, -0.25) is 4.57 Å². The van der Waals surface area contributed by atoms with Gasteiger partial charge in [0.05, 0.1) is 18.7 Å². The van der Waals surface area contributed by atoms with E-state index in [9.17, 15) is 5.26 Å². The number of oxime groups is 1. The number of ether oxygens (including phenoxy) is 2. The Kier molecular flexibility index (Phi) is 6.60. The molecule has 0 spiro atoms. The van der Waals surface area contributed by atoms with Crippen LogP contribution >= 0.6 is 11.6 Å². The second kappa shape index (κ2) is 10.1. The zero-order valence-corrected chi connectivity index (χ0v) is 20.0. The highest BCUT2D eigenvalue weighted by Gasteiger charge is 2.38. The van der Waals surface area contributed by atoms with Crippen LogP contribution in [0.5, 0.6) is 5.75 Å². The second-order valence-corrected chi connectivity index (χ2v) is 8.79. The third-order valence-electron chi connectivity index (χ3n) is 6.18. The largest absolute Gasteiger partial charge is 0.497 e. The molecule has 35 heavy (non-hydrogen) atoms. The maximum atomic E-state index is 10.3. The lowest BCUT2D eigenvalue weighted by molar-refractivity contribution is 0.129. The van der Waals surface area contributed by atoms with Crippen molar-refractivity contribution in [2.24, 2.45) is 5.16 Å². The van der Waals surface area contributed by atoms with Gasteiger partial charge in [-0.25, -0.2) is 0 Å². The molecule has 1 aliphatic heterocycles. The van der Waals surface area contributed by atoms with Crippen LogP contribution in [0.3, 0.4) is 0 Å². The molecule has 6 nitrogen and oxygen atoms in total. The molecule has 5 rings (SSSR count). The first kappa shape index (κ1) is 22.8. The summed E-state index contributed by atoms with van der Waals surface area (Å²) in [4.78, 5) is 5.77. The van der Waals surface area contributed by atoms with Crippen LogP contribution in [0.25, 0.3) is 5.88 Å². The van der Waals surface area contributed by atoms with E-state index < -0.39 is 0 Å². The first-order valence-electron chi connectivity index (χ1n) is 11.4. The number of allylic oxidation sites excluding steroid dienone is 3. The van der Waals surface area contributed by atoms with Crippen molar-refractivity contribution in [2.75, 3.05) is 7.11 Å². The summed E-state index contributed by atoms with van der Waals surface area (Å²) >= 11 is 5.98. The molecule has 0 N–H and O–H groups in total. The van der Waals surface area contributed by atoms with Gasteiger partial charge in [0.1, 0.15) is 29.8 Å². The predicted octanol–water partition coefficient (Wildman–Crippen LogP) is 6.67. The van der Waals surface area contributed by atoms with Gasteiger partial charge in [0.25, 0.3) is 0 Å². The highest BCUT2D eigenvalue weighted by molar-refractivity contribution is 6.30. The Hall–Kier alpha value is -3.95. The van der Waals surface area contributed by atoms with Crippen molar-refractivity contribution in [3.8, 4) is 11.8 Å². The topological polar surface area (TPSA) is 68.8 Å². The molecule has 1 aliphatic carbocycles. The van der Waals surface area contributed by atoms with E-state index in [-0.39, 0.29) is 5.92 Å². The fourth-order valence-corrected chi connectivity index (χ4v) is 4.61. The summed E-state index contributed by atoms with van der Waals surface area (Å²) < 4.78 is 13.6. The van der Waals surface area contributed by atoms with Crippen molar-refractivity contribution < 1.29 is 14.3 Å². The van der Waals surface area contributed by atoms with Crippen molar-refractivity contribution in [3.05, 3.63) is 106 Å². The Bertz CT molecular complexity index is 1330. The fraction of sp³-hybridized carbons (Fsp3) is 0.214. The average molecular weight is 486 g/mol. The Labute approximate surface area is 209 Å². The number of benzene rings is 2. The van der Waals surface area contributed by atoms with E-state index in [2.05, 4.69) is 11.2 Å². The number of halogens is 1. The third-order valence-corrected chi connectivity index (χ3v) is 6.44. The number of aromatic nitrogens is 1. The molecular weight excluding hydrogens is 462 g/mol. The van der Waals surface area contributed by atoms with Gasteiger partial charge in [-0.2, -0.15) is 5.26 Å². The van der Waals surface area contributed by atoms with Crippen LogP contribution in [0.15, 0.2) is 95.1 Å². The quantitative estimate of drug-likeness (QED) is 0.366. The van der Waals surface area contributed by atoms with Gasteiger partial charge in [-0.05, 0) is 60.4 Å². The lowest BCUT2D eigenvalue weighted by Crippen LogP contribution is -2.26. The van der Waals surface area contributed by atoms with Crippen LogP contribution in [0, 0.1) is 11.3 Å². The van der Waals surface area contributed by atoms with Crippen molar-refractivity contribution >= 4 is 23.2 Å². The SMILES string of the molecule is COc1ccc(C2C(C#N)=C(n3cccc3)OC3=C2C(=NOCc2ccc(Cl)cc2)CCC3)cc1. The lowest BCUT2D eigenvalue weighted by Gasteiger charge is -2.33. The van der Waals surface area contributed by atoms with E-state index in [1.54, 1.807) is 7.11 Å². The number of hydrogen-bond acceptors (Lipinski definition) is 5. The lowest BCUT2D eigenvalue weighted by atomic mass is 9.77. The molecule has 0 saturated heterocycles. The van der Waals surface area contributed by atoms with Gasteiger partial charge in [0, 0.05) is 29.4 Å². The summed E-state index contributed by atoms with van der Waals surface area (Å²) in [5.41, 5.74) is 4.18. The standard InChI is InChI=1S/C28H24ClN3O3/c1-33-22-13-9-20(10-14-22)26-23(17-30)28(32-15-2-3-16-32)35-25-6-4-5-24(27(25)26)31-34-18-19-7-11-21(29)12-8-19/h2-3,7-16,26H,4-6,18H2,1H3. The number of rotatable bonds is 6. The minimum Gasteiger partial charge on any atom is -0.497 e. The van der Waals surface area contributed by atoms with Gasteiger partial charge in [0.15, 0.2) is 0 Å². The van der Waals surface area contributed by atoms with Crippen LogP contribution in [-0.2, 0) is 16.2 Å². The highest BCUT2D eigenvalue weighted by Crippen LogP contribution is 2.46. The van der Waals surface area contributed by atoms with E-state index in [1.807, 2.05) is 77.6 Å². The summed E-state index contributed by atoms with van der Waals surface area (Å²) in [6.45, 7) is 0.326. The number of methoxy groups -OCH3 is 1. The zero-order chi connectivity index (χ0) is 24.2. The third kappa shape index (κ3) is 4.68. The van der Waals surface area contributed by atoms with Crippen molar-refractivity contribution in [1.82, 2.24) is 4.57 Å². The van der Waals surface area contributed by atoms with E-state index in [0.717, 1.165) is 53.2 Å². The fourth-order valence-electron chi connectivity index (χ4n) is 4.48. The molecule has 1 unspecified atom stereocenters. The predicted molar refractivity (Wildman–Crippen MR) is 135 cm³/mol. The molecule has 2 aliphatic rings. The molecule has 176 valence electrons. The highest BCUT2D eigenvalue weighted by atomic mass is 35.5. The van der Waals surface area contributed by atoms with Gasteiger partial charge in [-0.15, -0.1) is 0 Å². The van der Waals surface area contributed by atoms with E-state index >= 15 is 0 Å². The Morgan fingerprint density at radius 1 is 1.09 bits per heavy atom. The molecule has 7 heteroatoms. The Morgan fingerprint density at radius 3 is 2.51 bits per heavy atom. The van der Waals surface area contributed by atoms with Crippen LogP contribution in [0.1, 0.15) is 36.3 Å². The summed E-state index contributed by atoms with van der Waals surface area (Å²) in [5.74, 6) is 1.78. The van der Waals surface area contributed by atoms with Gasteiger partial charge in [0.2, 0.25) is 5.88 Å². The molecule has 0 saturated carbocycles. The molecule has 0 bridgehead atoms. The summed E-state index contributed by atoms with van der Waals surface area (Å²) in [5, 5.41) is 15.5. The minimum absolute atomic E-state index is 0.326. The van der Waals surface area contributed by atoms with E-state index in [0.29, 0.717) is 23.1 Å². The monoisotopic (exact) mass is 485 g/mol. The molecule has 2 aromatic carbocycles. The maximum Gasteiger partial charge on any atom is 0.218 e. The summed E-state index contributed by atoms with van der Waals surface area (Å²) in [6.07, 6.45) is 6.17. The molecular formula is C28H24ClN3O3. The molecule has 2 heterocycles. The normalized spacial score (nSPS) is 18.7. The van der Waals surface area contributed by atoms with Crippen molar-refractivity contribution in [3.63, 3.8) is 0 Å². The number of nitriles is 1. The van der Waals surface area contributed by atoms with Gasteiger partial charge in [-0.1, -0.05) is 41.0 Å². The molecule has 0 fully saturated rings. The van der Waals surface area contributed by atoms with E-state index in [4.69, 9.17) is 25.9 Å². The van der Waals surface area contributed by atoms with Gasteiger partial charge >= 0.3 is 0 Å². The molecule has 0 amide bonds. The maximum absolute atomic E-state index is 10.3. The number of hydrogen-bond donors (Lipinski definition) is 0. The second-order valence-electron chi connectivity index (χ2n) is 8.36. The van der Waals surface area contributed by atoms with E-state index in [1.165, 1.54) is 0 Å². The Balaban J connectivity index is 1.55. The number of nitrogens with zero attached hydrogens (tertiary/aromatic N) is 3. The molecule has 1 aromatic heterocycles. The van der Waals surface area contributed by atoms with Gasteiger partial charge < -0.3 is 14.3 Å². The average Bonchev–Trinajstić information content (AvgIpc) is 3.44.